The molecule has 1 nitrogen and oxygen atoms in total. The molecule has 2 saturated carbocycles. The van der Waals surface area contributed by atoms with E-state index >= 15 is 0 Å². The molecule has 4 atom stereocenters. The van der Waals surface area contributed by atoms with Crippen LogP contribution in [0.25, 0.3) is 0 Å². The van der Waals surface area contributed by atoms with Crippen LogP contribution in [-0.4, -0.2) is 18.0 Å². The number of allylic oxidation sites excluding steroid dienone is 2. The van der Waals surface area contributed by atoms with Crippen molar-refractivity contribution >= 4 is 0 Å². The van der Waals surface area contributed by atoms with Crippen LogP contribution in [0.3, 0.4) is 0 Å². The van der Waals surface area contributed by atoms with Crippen LogP contribution in [0.15, 0.2) is 11.8 Å². The average Bonchev–Trinajstić information content (AvgIpc) is 3.02. The molecule has 0 aromatic rings. The highest BCUT2D eigenvalue weighted by atomic mass is 15.2. The Morgan fingerprint density at radius 1 is 1.00 bits per heavy atom. The maximum absolute atomic E-state index is 2.71. The molecule has 1 heteroatoms. The summed E-state index contributed by atoms with van der Waals surface area (Å²) < 4.78 is 0. The van der Waals surface area contributed by atoms with Gasteiger partial charge in [0, 0.05) is 24.7 Å². The van der Waals surface area contributed by atoms with Crippen molar-refractivity contribution in [2.45, 2.75) is 38.5 Å². The minimum atomic E-state index is 0.984. The summed E-state index contributed by atoms with van der Waals surface area (Å²) in [7, 11) is 0. The van der Waals surface area contributed by atoms with Gasteiger partial charge >= 0.3 is 0 Å². The van der Waals surface area contributed by atoms with Gasteiger partial charge in [0.05, 0.1) is 0 Å². The first-order valence-corrected chi connectivity index (χ1v) is 6.90. The molecule has 0 spiro atoms. The predicted molar refractivity (Wildman–Crippen MR) is 61.3 cm³/mol. The summed E-state index contributed by atoms with van der Waals surface area (Å²) in [6, 6.07) is 0. The van der Waals surface area contributed by atoms with E-state index < -0.39 is 0 Å². The normalized spacial score (nSPS) is 47.5. The monoisotopic (exact) mass is 203 g/mol. The van der Waals surface area contributed by atoms with Gasteiger partial charge in [-0.1, -0.05) is 12.5 Å². The highest BCUT2D eigenvalue weighted by Gasteiger charge is 2.50. The number of likely N-dealkylation sites (tertiary alicyclic amines) is 1. The van der Waals surface area contributed by atoms with Gasteiger partial charge in [0.25, 0.3) is 0 Å². The molecule has 0 aromatic heterocycles. The van der Waals surface area contributed by atoms with Gasteiger partial charge in [0.2, 0.25) is 0 Å². The van der Waals surface area contributed by atoms with Gasteiger partial charge in [0.15, 0.2) is 0 Å². The zero-order valence-electron chi connectivity index (χ0n) is 9.49. The van der Waals surface area contributed by atoms with Crippen molar-refractivity contribution < 1.29 is 0 Å². The average molecular weight is 203 g/mol. The molecule has 0 aromatic carbocycles. The van der Waals surface area contributed by atoms with Gasteiger partial charge in [-0.05, 0) is 49.9 Å². The maximum atomic E-state index is 2.71. The second-order valence-corrected chi connectivity index (χ2v) is 6.05. The van der Waals surface area contributed by atoms with Crippen molar-refractivity contribution in [3.8, 4) is 0 Å². The molecule has 0 unspecified atom stereocenters. The number of rotatable bonds is 1. The van der Waals surface area contributed by atoms with Crippen molar-refractivity contribution in [2.75, 3.05) is 13.1 Å². The molecular weight excluding hydrogens is 182 g/mol. The lowest BCUT2D eigenvalue weighted by molar-refractivity contribution is 0.286. The topological polar surface area (TPSA) is 3.24 Å². The molecule has 0 radical (unpaired) electrons. The zero-order chi connectivity index (χ0) is 9.83. The van der Waals surface area contributed by atoms with Crippen molar-refractivity contribution in [3.05, 3.63) is 11.8 Å². The summed E-state index contributed by atoms with van der Waals surface area (Å²) in [5.41, 5.74) is 1.78. The third-order valence-electron chi connectivity index (χ3n) is 5.45. The van der Waals surface area contributed by atoms with Crippen LogP contribution < -0.4 is 0 Å². The molecule has 0 amide bonds. The Kier molecular flexibility index (Phi) is 1.75. The van der Waals surface area contributed by atoms with E-state index in [4.69, 9.17) is 0 Å². The summed E-state index contributed by atoms with van der Waals surface area (Å²) in [5.74, 6) is 4.16. The second-order valence-electron chi connectivity index (χ2n) is 6.05. The molecule has 4 aliphatic rings. The maximum Gasteiger partial charge on any atom is 0.0175 e. The summed E-state index contributed by atoms with van der Waals surface area (Å²) in [6.07, 6.45) is 11.6. The molecule has 1 saturated heterocycles. The van der Waals surface area contributed by atoms with E-state index in [0.29, 0.717) is 0 Å². The van der Waals surface area contributed by atoms with Crippen LogP contribution in [0.1, 0.15) is 38.5 Å². The van der Waals surface area contributed by atoms with E-state index in [1.165, 1.54) is 51.6 Å². The van der Waals surface area contributed by atoms with Gasteiger partial charge in [-0.3, -0.25) is 0 Å². The number of nitrogens with zero attached hydrogens (tertiary/aromatic N) is 1. The first-order chi connectivity index (χ1) is 7.43. The van der Waals surface area contributed by atoms with E-state index in [9.17, 15) is 0 Å². The lowest BCUT2D eigenvalue weighted by Crippen LogP contribution is -2.27. The molecular formula is C14H21N. The Hall–Kier alpha value is -0.460. The Balaban J connectivity index is 1.62. The van der Waals surface area contributed by atoms with Gasteiger partial charge in [-0.15, -0.1) is 0 Å². The van der Waals surface area contributed by atoms with Gasteiger partial charge in [0.1, 0.15) is 0 Å². The van der Waals surface area contributed by atoms with Crippen LogP contribution in [0.4, 0.5) is 0 Å². The third kappa shape index (κ3) is 1.10. The molecule has 0 N–H and O–H groups in total. The lowest BCUT2D eigenvalue weighted by atomic mass is 9.84. The standard InChI is InChI=1S/C14H21N/c1-2-7-15(6-1)14-9-10-8-13(14)12-5-3-4-11(10)12/h9-13H,1-8H2/t10-,11+,12+,13+/m1/s1. The minimum absolute atomic E-state index is 0.984. The summed E-state index contributed by atoms with van der Waals surface area (Å²) in [5, 5.41) is 0. The fourth-order valence-electron chi connectivity index (χ4n) is 4.88. The Morgan fingerprint density at radius 2 is 1.80 bits per heavy atom. The van der Waals surface area contributed by atoms with E-state index in [2.05, 4.69) is 11.0 Å². The SMILES string of the molecule is C1=C(N2CCCC2)[C@H]2C[C@H]1[C@@H]1CCC[C@@H]12. The summed E-state index contributed by atoms with van der Waals surface area (Å²) in [6.45, 7) is 2.71. The highest BCUT2D eigenvalue weighted by Crippen LogP contribution is 2.58. The first-order valence-electron chi connectivity index (χ1n) is 6.90. The lowest BCUT2D eigenvalue weighted by Gasteiger charge is -2.31. The summed E-state index contributed by atoms with van der Waals surface area (Å²) >= 11 is 0. The van der Waals surface area contributed by atoms with Crippen molar-refractivity contribution in [2.24, 2.45) is 23.7 Å². The smallest absolute Gasteiger partial charge is 0.0175 e. The third-order valence-corrected chi connectivity index (χ3v) is 5.45. The number of fused-ring (bicyclic) bond motifs is 5. The van der Waals surface area contributed by atoms with Crippen LogP contribution in [0.2, 0.25) is 0 Å². The van der Waals surface area contributed by atoms with Crippen LogP contribution in [0, 0.1) is 23.7 Å². The highest BCUT2D eigenvalue weighted by molar-refractivity contribution is 5.24. The van der Waals surface area contributed by atoms with Crippen LogP contribution in [-0.2, 0) is 0 Å². The number of hydrogen-bond acceptors (Lipinski definition) is 1. The molecule has 4 rings (SSSR count). The minimum Gasteiger partial charge on any atom is -0.375 e. The fraction of sp³-hybridized carbons (Fsp3) is 0.857. The molecule has 15 heavy (non-hydrogen) atoms. The first kappa shape index (κ1) is 8.66. The van der Waals surface area contributed by atoms with Gasteiger partial charge in [-0.25, -0.2) is 0 Å². The molecule has 82 valence electrons. The molecule has 2 bridgehead atoms. The fourth-order valence-corrected chi connectivity index (χ4v) is 4.88. The second kappa shape index (κ2) is 3.02. The van der Waals surface area contributed by atoms with Crippen molar-refractivity contribution in [1.82, 2.24) is 4.90 Å². The molecule has 1 heterocycles. The largest absolute Gasteiger partial charge is 0.375 e. The quantitative estimate of drug-likeness (QED) is 0.633. The molecule has 1 aliphatic heterocycles. The van der Waals surface area contributed by atoms with E-state index in [0.717, 1.165) is 23.7 Å². The van der Waals surface area contributed by atoms with Crippen molar-refractivity contribution in [1.29, 1.82) is 0 Å². The van der Waals surface area contributed by atoms with Crippen molar-refractivity contribution in [3.63, 3.8) is 0 Å². The number of hydrogen-bond donors (Lipinski definition) is 0. The predicted octanol–water partition coefficient (Wildman–Crippen LogP) is 3.03. The summed E-state index contributed by atoms with van der Waals surface area (Å²) in [4.78, 5) is 2.71. The van der Waals surface area contributed by atoms with Crippen LogP contribution in [0.5, 0.6) is 0 Å². The van der Waals surface area contributed by atoms with Gasteiger partial charge < -0.3 is 4.90 Å². The molecule has 3 aliphatic carbocycles. The zero-order valence-corrected chi connectivity index (χ0v) is 9.49. The van der Waals surface area contributed by atoms with Gasteiger partial charge in [-0.2, -0.15) is 0 Å². The van der Waals surface area contributed by atoms with E-state index in [-0.39, 0.29) is 0 Å². The Morgan fingerprint density at radius 3 is 2.67 bits per heavy atom. The Bertz CT molecular complexity index is 300. The Labute approximate surface area is 92.5 Å². The van der Waals surface area contributed by atoms with E-state index in [1.54, 1.807) is 5.70 Å². The van der Waals surface area contributed by atoms with Crippen LogP contribution >= 0.6 is 0 Å². The van der Waals surface area contributed by atoms with E-state index in [1.807, 2.05) is 0 Å². The molecule has 3 fully saturated rings.